The van der Waals surface area contributed by atoms with Crippen molar-refractivity contribution in [1.82, 2.24) is 4.57 Å². The highest BCUT2D eigenvalue weighted by molar-refractivity contribution is 14.1. The molecule has 0 aliphatic carbocycles. The summed E-state index contributed by atoms with van der Waals surface area (Å²) in [6.07, 6.45) is 0. The smallest absolute Gasteiger partial charge is 0.0541 e. The molecule has 0 spiro atoms. The summed E-state index contributed by atoms with van der Waals surface area (Å²) >= 11 is 4.23. The maximum atomic E-state index is 2.41. The molecular weight excluding hydrogens is 413 g/mol. The predicted octanol–water partition coefficient (Wildman–Crippen LogP) is 6.60. The third-order valence-corrected chi connectivity index (χ3v) is 6.61. The number of fused-ring (bicyclic) bond motifs is 4. The van der Waals surface area contributed by atoms with Gasteiger partial charge in [0, 0.05) is 35.5 Å². The lowest BCUT2D eigenvalue weighted by Crippen LogP contribution is -1.92. The number of halogens is 1. The standard InChI is InChI=1S/C20H12INS/c21-17-12-23-20-11-13(9-10-16(17)20)22-18-7-3-1-5-14(18)15-6-2-4-8-19(15)22/h1-12H. The van der Waals surface area contributed by atoms with Crippen LogP contribution in [0.2, 0.25) is 0 Å². The fourth-order valence-corrected chi connectivity index (χ4v) is 5.21. The lowest BCUT2D eigenvalue weighted by atomic mass is 10.2. The Morgan fingerprint density at radius 3 is 2.09 bits per heavy atom. The summed E-state index contributed by atoms with van der Waals surface area (Å²) in [5.41, 5.74) is 3.76. The molecule has 3 heteroatoms. The molecule has 1 nitrogen and oxygen atoms in total. The molecule has 0 aliphatic heterocycles. The molecule has 0 aliphatic rings. The van der Waals surface area contributed by atoms with Crippen LogP contribution in [-0.4, -0.2) is 4.57 Å². The van der Waals surface area contributed by atoms with Gasteiger partial charge in [0.1, 0.15) is 0 Å². The highest BCUT2D eigenvalue weighted by Crippen LogP contribution is 2.34. The van der Waals surface area contributed by atoms with Crippen molar-refractivity contribution in [3.05, 3.63) is 75.7 Å². The van der Waals surface area contributed by atoms with Gasteiger partial charge in [-0.25, -0.2) is 0 Å². The van der Waals surface area contributed by atoms with Gasteiger partial charge in [-0.1, -0.05) is 42.5 Å². The number of nitrogens with zero attached hydrogens (tertiary/aromatic N) is 1. The van der Waals surface area contributed by atoms with E-state index in [9.17, 15) is 0 Å². The van der Waals surface area contributed by atoms with Crippen LogP contribution in [0.15, 0.2) is 72.1 Å². The number of benzene rings is 3. The molecule has 110 valence electrons. The third kappa shape index (κ3) is 1.96. The summed E-state index contributed by atoms with van der Waals surface area (Å²) in [7, 11) is 0. The van der Waals surface area contributed by atoms with E-state index in [0.717, 1.165) is 0 Å². The first-order valence-electron chi connectivity index (χ1n) is 7.48. The normalized spacial score (nSPS) is 11.7. The highest BCUT2D eigenvalue weighted by Gasteiger charge is 2.12. The first-order chi connectivity index (χ1) is 11.3. The second kappa shape index (κ2) is 5.08. The Kier molecular flexibility index (Phi) is 3.00. The zero-order chi connectivity index (χ0) is 15.4. The average molecular weight is 425 g/mol. The van der Waals surface area contributed by atoms with Gasteiger partial charge in [-0.2, -0.15) is 0 Å². The lowest BCUT2D eigenvalue weighted by Gasteiger charge is -2.08. The van der Waals surface area contributed by atoms with Crippen LogP contribution in [0.4, 0.5) is 0 Å². The maximum absolute atomic E-state index is 2.41. The second-order valence-electron chi connectivity index (χ2n) is 5.63. The molecule has 0 bridgehead atoms. The molecular formula is C20H12INS. The maximum Gasteiger partial charge on any atom is 0.0541 e. The summed E-state index contributed by atoms with van der Waals surface area (Å²) in [5, 5.41) is 6.19. The third-order valence-electron chi connectivity index (χ3n) is 4.35. The van der Waals surface area contributed by atoms with Crippen LogP contribution in [0.25, 0.3) is 37.6 Å². The number of para-hydroxylation sites is 2. The van der Waals surface area contributed by atoms with Gasteiger partial charge in [-0.15, -0.1) is 11.3 Å². The molecule has 0 unspecified atom stereocenters. The van der Waals surface area contributed by atoms with E-state index in [1.165, 1.54) is 41.1 Å². The van der Waals surface area contributed by atoms with Crippen molar-refractivity contribution in [1.29, 1.82) is 0 Å². The van der Waals surface area contributed by atoms with Gasteiger partial charge in [-0.05, 0) is 46.9 Å². The fraction of sp³-hybridized carbons (Fsp3) is 0. The van der Waals surface area contributed by atoms with Crippen LogP contribution in [-0.2, 0) is 0 Å². The fourth-order valence-electron chi connectivity index (χ4n) is 3.32. The van der Waals surface area contributed by atoms with Crippen LogP contribution < -0.4 is 0 Å². The van der Waals surface area contributed by atoms with Crippen LogP contribution in [0, 0.1) is 3.57 Å². The molecule has 23 heavy (non-hydrogen) atoms. The number of hydrogen-bond donors (Lipinski definition) is 0. The first-order valence-corrected chi connectivity index (χ1v) is 9.44. The molecule has 0 saturated heterocycles. The molecule has 5 aromatic rings. The van der Waals surface area contributed by atoms with E-state index in [1.807, 2.05) is 11.3 Å². The van der Waals surface area contributed by atoms with Crippen molar-refractivity contribution in [2.45, 2.75) is 0 Å². The highest BCUT2D eigenvalue weighted by atomic mass is 127. The summed E-state index contributed by atoms with van der Waals surface area (Å²) in [5.74, 6) is 0. The number of thiophene rings is 1. The van der Waals surface area contributed by atoms with Crippen molar-refractivity contribution in [2.75, 3.05) is 0 Å². The Labute approximate surface area is 151 Å². The lowest BCUT2D eigenvalue weighted by molar-refractivity contribution is 1.19. The Balaban J connectivity index is 1.93. The monoisotopic (exact) mass is 425 g/mol. The second-order valence-corrected chi connectivity index (χ2v) is 7.71. The van der Waals surface area contributed by atoms with Crippen molar-refractivity contribution in [3.8, 4) is 5.69 Å². The van der Waals surface area contributed by atoms with Crippen molar-refractivity contribution >= 4 is 65.8 Å². The Morgan fingerprint density at radius 2 is 1.39 bits per heavy atom. The van der Waals surface area contributed by atoms with E-state index in [0.29, 0.717) is 0 Å². The molecule has 0 fully saturated rings. The topological polar surface area (TPSA) is 4.93 Å². The molecule has 0 saturated carbocycles. The molecule has 2 aromatic heterocycles. The minimum Gasteiger partial charge on any atom is -0.309 e. The minimum atomic E-state index is 1.23. The van der Waals surface area contributed by atoms with E-state index in [1.54, 1.807) is 0 Å². The van der Waals surface area contributed by atoms with Crippen molar-refractivity contribution in [2.24, 2.45) is 0 Å². The molecule has 0 atom stereocenters. The molecule has 5 rings (SSSR count). The number of rotatable bonds is 1. The van der Waals surface area contributed by atoms with Gasteiger partial charge in [-0.3, -0.25) is 0 Å². The summed E-state index contributed by atoms with van der Waals surface area (Å²) in [4.78, 5) is 0. The van der Waals surface area contributed by atoms with E-state index < -0.39 is 0 Å². The van der Waals surface area contributed by atoms with E-state index in [-0.39, 0.29) is 0 Å². The van der Waals surface area contributed by atoms with E-state index in [4.69, 9.17) is 0 Å². The quantitative estimate of drug-likeness (QED) is 0.267. The van der Waals surface area contributed by atoms with Gasteiger partial charge in [0.05, 0.1) is 11.0 Å². The van der Waals surface area contributed by atoms with Gasteiger partial charge in [0.15, 0.2) is 0 Å². The van der Waals surface area contributed by atoms with Gasteiger partial charge < -0.3 is 4.57 Å². The largest absolute Gasteiger partial charge is 0.309 e. The molecule has 3 aromatic carbocycles. The Morgan fingerprint density at radius 1 is 0.739 bits per heavy atom. The van der Waals surface area contributed by atoms with Crippen LogP contribution >= 0.6 is 33.9 Å². The SMILES string of the molecule is Ic1csc2cc(-n3c4ccccc4c4ccccc43)ccc12. The average Bonchev–Trinajstić information content (AvgIpc) is 3.13. The zero-order valence-corrected chi connectivity index (χ0v) is 15.1. The van der Waals surface area contributed by atoms with Gasteiger partial charge in [0.25, 0.3) is 0 Å². The van der Waals surface area contributed by atoms with Gasteiger partial charge >= 0.3 is 0 Å². The minimum absolute atomic E-state index is 1.23. The zero-order valence-electron chi connectivity index (χ0n) is 12.2. The molecule has 0 N–H and O–H groups in total. The Hall–Kier alpha value is -1.85. The summed E-state index contributed by atoms with van der Waals surface area (Å²) in [6.45, 7) is 0. The Bertz CT molecular complexity index is 1130. The van der Waals surface area contributed by atoms with Crippen LogP contribution in [0.3, 0.4) is 0 Å². The van der Waals surface area contributed by atoms with Crippen LogP contribution in [0.1, 0.15) is 0 Å². The van der Waals surface area contributed by atoms with Crippen molar-refractivity contribution < 1.29 is 0 Å². The predicted molar refractivity (Wildman–Crippen MR) is 109 cm³/mol. The first kappa shape index (κ1) is 13.6. The molecule has 0 amide bonds. The number of hydrogen-bond acceptors (Lipinski definition) is 1. The number of aromatic nitrogens is 1. The summed E-state index contributed by atoms with van der Waals surface area (Å²) < 4.78 is 5.04. The van der Waals surface area contributed by atoms with E-state index >= 15 is 0 Å². The van der Waals surface area contributed by atoms with Crippen molar-refractivity contribution in [3.63, 3.8) is 0 Å². The molecule has 0 radical (unpaired) electrons. The molecule has 2 heterocycles. The van der Waals surface area contributed by atoms with Gasteiger partial charge in [0.2, 0.25) is 0 Å². The van der Waals surface area contributed by atoms with Crippen LogP contribution in [0.5, 0.6) is 0 Å². The van der Waals surface area contributed by atoms with E-state index in [2.05, 4.69) is 99.3 Å². The summed E-state index contributed by atoms with van der Waals surface area (Å²) in [6, 6.07) is 24.1.